The van der Waals surface area contributed by atoms with Crippen molar-refractivity contribution in [3.8, 4) is 5.75 Å². The van der Waals surface area contributed by atoms with Gasteiger partial charge in [-0.15, -0.1) is 11.3 Å². The zero-order valence-corrected chi connectivity index (χ0v) is 14.8. The van der Waals surface area contributed by atoms with E-state index < -0.39 is 0 Å². The first kappa shape index (κ1) is 16.8. The van der Waals surface area contributed by atoms with Crippen molar-refractivity contribution in [3.05, 3.63) is 40.9 Å². The van der Waals surface area contributed by atoms with Gasteiger partial charge in [0.2, 0.25) is 0 Å². The third-order valence-corrected chi connectivity index (χ3v) is 4.96. The second-order valence-electron chi connectivity index (χ2n) is 6.02. The molecule has 5 nitrogen and oxygen atoms in total. The van der Waals surface area contributed by atoms with Crippen LogP contribution in [0.25, 0.3) is 0 Å². The van der Waals surface area contributed by atoms with Gasteiger partial charge in [-0.25, -0.2) is 4.98 Å². The van der Waals surface area contributed by atoms with E-state index in [1.54, 1.807) is 11.3 Å². The van der Waals surface area contributed by atoms with E-state index in [9.17, 15) is 4.79 Å². The van der Waals surface area contributed by atoms with Gasteiger partial charge in [0.15, 0.2) is 11.7 Å². The lowest BCUT2D eigenvalue weighted by atomic mass is 10.2. The highest BCUT2D eigenvalue weighted by molar-refractivity contribution is 7.13. The molecule has 2 heterocycles. The van der Waals surface area contributed by atoms with Gasteiger partial charge in [-0.3, -0.25) is 4.79 Å². The van der Waals surface area contributed by atoms with E-state index in [1.807, 2.05) is 31.2 Å². The monoisotopic (exact) mass is 345 g/mol. The number of carbonyl (C=O) groups is 1. The molecule has 0 spiro atoms. The number of hydrogen-bond donors (Lipinski definition) is 1. The van der Waals surface area contributed by atoms with Crippen molar-refractivity contribution in [3.63, 3.8) is 0 Å². The minimum atomic E-state index is -0.106. The Balaban J connectivity index is 1.36. The molecule has 0 saturated carbocycles. The van der Waals surface area contributed by atoms with Crippen molar-refractivity contribution in [2.75, 3.05) is 31.1 Å². The molecule has 2 aromatic rings. The van der Waals surface area contributed by atoms with Crippen molar-refractivity contribution < 1.29 is 9.53 Å². The molecule has 0 atom stereocenters. The van der Waals surface area contributed by atoms with Crippen molar-refractivity contribution >= 4 is 22.4 Å². The number of ether oxygens (including phenoxy) is 1. The van der Waals surface area contributed by atoms with Crippen LogP contribution in [0.4, 0.5) is 5.13 Å². The van der Waals surface area contributed by atoms with E-state index in [0.717, 1.165) is 30.3 Å². The van der Waals surface area contributed by atoms with Crippen LogP contribution in [-0.4, -0.2) is 37.1 Å². The SMILES string of the molecule is Cc1ccc(OCC(=O)NCCc2csc(N3CCCC3)n2)cc1. The van der Waals surface area contributed by atoms with Gasteiger partial charge in [-0.1, -0.05) is 17.7 Å². The van der Waals surface area contributed by atoms with Crippen LogP contribution < -0.4 is 15.0 Å². The summed E-state index contributed by atoms with van der Waals surface area (Å²) in [5, 5.41) is 6.07. The Bertz CT molecular complexity index is 663. The van der Waals surface area contributed by atoms with Crippen LogP contribution in [0.5, 0.6) is 5.75 Å². The average molecular weight is 345 g/mol. The van der Waals surface area contributed by atoms with Gasteiger partial charge >= 0.3 is 0 Å². The summed E-state index contributed by atoms with van der Waals surface area (Å²) in [6.07, 6.45) is 3.26. The van der Waals surface area contributed by atoms with Gasteiger partial charge in [0.25, 0.3) is 5.91 Å². The van der Waals surface area contributed by atoms with Crippen molar-refractivity contribution in [1.82, 2.24) is 10.3 Å². The highest BCUT2D eigenvalue weighted by atomic mass is 32.1. The van der Waals surface area contributed by atoms with Crippen LogP contribution in [0.1, 0.15) is 24.1 Å². The summed E-state index contributed by atoms with van der Waals surface area (Å²) in [5.41, 5.74) is 2.21. The fourth-order valence-corrected chi connectivity index (χ4v) is 3.54. The minimum absolute atomic E-state index is 0.0408. The molecule has 128 valence electrons. The Hall–Kier alpha value is -2.08. The Morgan fingerprint density at radius 3 is 2.79 bits per heavy atom. The van der Waals surface area contributed by atoms with Crippen molar-refractivity contribution in [2.45, 2.75) is 26.2 Å². The van der Waals surface area contributed by atoms with Crippen molar-refractivity contribution in [1.29, 1.82) is 0 Å². The van der Waals surface area contributed by atoms with E-state index in [1.165, 1.54) is 18.4 Å². The molecule has 24 heavy (non-hydrogen) atoms. The van der Waals surface area contributed by atoms with Crippen LogP contribution >= 0.6 is 11.3 Å². The van der Waals surface area contributed by atoms with Crippen molar-refractivity contribution in [2.24, 2.45) is 0 Å². The maximum atomic E-state index is 11.8. The number of nitrogens with zero attached hydrogens (tertiary/aromatic N) is 2. The van der Waals surface area contributed by atoms with Gasteiger partial charge in [0.05, 0.1) is 5.69 Å². The predicted molar refractivity (Wildman–Crippen MR) is 96.9 cm³/mol. The Morgan fingerprint density at radius 2 is 2.04 bits per heavy atom. The second-order valence-corrected chi connectivity index (χ2v) is 6.85. The Kier molecular flexibility index (Phi) is 5.69. The summed E-state index contributed by atoms with van der Waals surface area (Å²) in [6.45, 7) is 4.86. The highest BCUT2D eigenvalue weighted by Gasteiger charge is 2.15. The summed E-state index contributed by atoms with van der Waals surface area (Å²) in [4.78, 5) is 18.8. The molecule has 0 radical (unpaired) electrons. The summed E-state index contributed by atoms with van der Waals surface area (Å²) in [7, 11) is 0. The number of rotatable bonds is 7. The minimum Gasteiger partial charge on any atom is -0.484 e. The zero-order chi connectivity index (χ0) is 16.8. The molecular formula is C18H23N3O2S. The fourth-order valence-electron chi connectivity index (χ4n) is 2.63. The van der Waals surface area contributed by atoms with Crippen LogP contribution in [0.3, 0.4) is 0 Å². The molecule has 1 aromatic heterocycles. The molecule has 1 saturated heterocycles. The molecule has 1 aliphatic rings. The third kappa shape index (κ3) is 4.71. The lowest BCUT2D eigenvalue weighted by Gasteiger charge is -2.12. The molecule has 0 aliphatic carbocycles. The highest BCUT2D eigenvalue weighted by Crippen LogP contribution is 2.24. The summed E-state index contributed by atoms with van der Waals surface area (Å²) < 4.78 is 5.46. The number of carbonyl (C=O) groups excluding carboxylic acids is 1. The molecule has 1 N–H and O–H groups in total. The lowest BCUT2D eigenvalue weighted by Crippen LogP contribution is -2.30. The quantitative estimate of drug-likeness (QED) is 0.838. The summed E-state index contributed by atoms with van der Waals surface area (Å²) in [5.74, 6) is 0.607. The number of benzene rings is 1. The fraction of sp³-hybridized carbons (Fsp3) is 0.444. The maximum absolute atomic E-state index is 11.8. The van der Waals surface area contributed by atoms with Gasteiger partial charge < -0.3 is 15.0 Å². The largest absolute Gasteiger partial charge is 0.484 e. The zero-order valence-electron chi connectivity index (χ0n) is 14.0. The number of aromatic nitrogens is 1. The van der Waals surface area contributed by atoms with E-state index in [0.29, 0.717) is 12.3 Å². The number of amides is 1. The molecule has 1 fully saturated rings. The van der Waals surface area contributed by atoms with Crippen LogP contribution in [-0.2, 0) is 11.2 Å². The number of thiazole rings is 1. The molecular weight excluding hydrogens is 322 g/mol. The molecule has 0 unspecified atom stereocenters. The Labute approximate surface area is 146 Å². The van der Waals surface area contributed by atoms with E-state index in [-0.39, 0.29) is 12.5 Å². The Morgan fingerprint density at radius 1 is 1.29 bits per heavy atom. The number of aryl methyl sites for hydroxylation is 1. The molecule has 6 heteroatoms. The smallest absolute Gasteiger partial charge is 0.257 e. The first-order chi connectivity index (χ1) is 11.7. The van der Waals surface area contributed by atoms with Gasteiger partial charge in [-0.2, -0.15) is 0 Å². The number of hydrogen-bond acceptors (Lipinski definition) is 5. The summed E-state index contributed by atoms with van der Waals surface area (Å²) in [6, 6.07) is 7.68. The molecule has 0 bridgehead atoms. The normalized spacial score (nSPS) is 14.0. The van der Waals surface area contributed by atoms with Crippen LogP contribution in [0.2, 0.25) is 0 Å². The first-order valence-electron chi connectivity index (χ1n) is 8.36. The van der Waals surface area contributed by atoms with Gasteiger partial charge in [0.1, 0.15) is 5.75 Å². The molecule has 3 rings (SSSR count). The van der Waals surface area contributed by atoms with E-state index >= 15 is 0 Å². The topological polar surface area (TPSA) is 54.5 Å². The predicted octanol–water partition coefficient (Wildman–Crippen LogP) is 2.79. The van der Waals surface area contributed by atoms with Gasteiger partial charge in [0, 0.05) is 31.4 Å². The second kappa shape index (κ2) is 8.15. The standard InChI is InChI=1S/C18H23N3O2S/c1-14-4-6-16(7-5-14)23-12-17(22)19-9-8-15-13-24-18(20-15)21-10-2-3-11-21/h4-7,13H,2-3,8-12H2,1H3,(H,19,22). The molecule has 1 amide bonds. The third-order valence-electron chi connectivity index (χ3n) is 4.01. The first-order valence-corrected chi connectivity index (χ1v) is 9.24. The number of anilines is 1. The average Bonchev–Trinajstić information content (AvgIpc) is 3.25. The maximum Gasteiger partial charge on any atom is 0.257 e. The van der Waals surface area contributed by atoms with E-state index in [2.05, 4.69) is 20.6 Å². The van der Waals surface area contributed by atoms with Gasteiger partial charge in [-0.05, 0) is 31.9 Å². The van der Waals surface area contributed by atoms with Crippen LogP contribution in [0, 0.1) is 6.92 Å². The lowest BCUT2D eigenvalue weighted by molar-refractivity contribution is -0.123. The number of nitrogens with one attached hydrogen (secondary N) is 1. The van der Waals surface area contributed by atoms with Crippen LogP contribution in [0.15, 0.2) is 29.6 Å². The van der Waals surface area contributed by atoms with E-state index in [4.69, 9.17) is 4.74 Å². The molecule has 1 aromatic carbocycles. The molecule has 1 aliphatic heterocycles. The summed E-state index contributed by atoms with van der Waals surface area (Å²) >= 11 is 1.69.